The normalized spacial score (nSPS) is 10.7. The summed E-state index contributed by atoms with van der Waals surface area (Å²) in [4.78, 5) is 13.9. The molecule has 1 amide bonds. The van der Waals surface area contributed by atoms with Gasteiger partial charge in [0, 0.05) is 24.5 Å². The van der Waals surface area contributed by atoms with E-state index in [0.29, 0.717) is 5.56 Å². The van der Waals surface area contributed by atoms with Crippen molar-refractivity contribution in [2.75, 3.05) is 13.6 Å². The average Bonchev–Trinajstić information content (AvgIpc) is 2.81. The Morgan fingerprint density at radius 1 is 1.35 bits per heavy atom. The monoisotopic (exact) mass is 231 g/mol. The highest BCUT2D eigenvalue weighted by molar-refractivity contribution is 5.97. The van der Waals surface area contributed by atoms with Crippen LogP contribution in [0, 0.1) is 0 Å². The zero-order valence-corrected chi connectivity index (χ0v) is 10.3. The Hall–Kier alpha value is -1.77. The van der Waals surface area contributed by atoms with E-state index in [0.717, 1.165) is 30.4 Å². The number of furan rings is 1. The van der Waals surface area contributed by atoms with Gasteiger partial charge in [0.15, 0.2) is 0 Å². The topological polar surface area (TPSA) is 33.5 Å². The second-order valence-corrected chi connectivity index (χ2v) is 4.25. The van der Waals surface area contributed by atoms with E-state index in [1.165, 1.54) is 0 Å². The molecular weight excluding hydrogens is 214 g/mol. The fourth-order valence-corrected chi connectivity index (χ4v) is 1.80. The third kappa shape index (κ3) is 2.49. The lowest BCUT2D eigenvalue weighted by molar-refractivity contribution is 0.0793. The van der Waals surface area contributed by atoms with Crippen molar-refractivity contribution in [2.45, 2.75) is 19.8 Å². The van der Waals surface area contributed by atoms with Crippen molar-refractivity contribution in [3.8, 4) is 0 Å². The molecule has 0 aliphatic carbocycles. The SMILES string of the molecule is CCCCN(C)C(=O)c1ccc2ccoc2c1. The highest BCUT2D eigenvalue weighted by Gasteiger charge is 2.12. The van der Waals surface area contributed by atoms with Gasteiger partial charge >= 0.3 is 0 Å². The lowest BCUT2D eigenvalue weighted by Crippen LogP contribution is -2.27. The molecule has 3 nitrogen and oxygen atoms in total. The van der Waals surface area contributed by atoms with Gasteiger partial charge in [0.05, 0.1) is 6.26 Å². The van der Waals surface area contributed by atoms with E-state index < -0.39 is 0 Å². The van der Waals surface area contributed by atoms with Crippen LogP contribution in [0.15, 0.2) is 34.9 Å². The van der Waals surface area contributed by atoms with Gasteiger partial charge in [-0.1, -0.05) is 19.4 Å². The molecule has 0 fully saturated rings. The van der Waals surface area contributed by atoms with E-state index in [2.05, 4.69) is 6.92 Å². The molecule has 0 spiro atoms. The van der Waals surface area contributed by atoms with E-state index >= 15 is 0 Å². The lowest BCUT2D eigenvalue weighted by Gasteiger charge is -2.16. The third-order valence-corrected chi connectivity index (χ3v) is 2.90. The fourth-order valence-electron chi connectivity index (χ4n) is 1.80. The average molecular weight is 231 g/mol. The molecule has 0 bridgehead atoms. The maximum Gasteiger partial charge on any atom is 0.253 e. The Balaban J connectivity index is 2.17. The summed E-state index contributed by atoms with van der Waals surface area (Å²) in [7, 11) is 1.84. The molecular formula is C14H17NO2. The van der Waals surface area contributed by atoms with Crippen LogP contribution in [-0.2, 0) is 0 Å². The van der Waals surface area contributed by atoms with E-state index in [9.17, 15) is 4.79 Å². The number of carbonyl (C=O) groups excluding carboxylic acids is 1. The smallest absolute Gasteiger partial charge is 0.253 e. The van der Waals surface area contributed by atoms with E-state index in [-0.39, 0.29) is 5.91 Å². The Morgan fingerprint density at radius 2 is 2.18 bits per heavy atom. The second kappa shape index (κ2) is 5.04. The van der Waals surface area contributed by atoms with Crippen LogP contribution in [0.4, 0.5) is 0 Å². The number of nitrogens with zero attached hydrogens (tertiary/aromatic N) is 1. The highest BCUT2D eigenvalue weighted by Crippen LogP contribution is 2.17. The van der Waals surface area contributed by atoms with Gasteiger partial charge in [-0.15, -0.1) is 0 Å². The molecule has 90 valence electrons. The van der Waals surface area contributed by atoms with Crippen molar-refractivity contribution in [2.24, 2.45) is 0 Å². The predicted octanol–water partition coefficient (Wildman–Crippen LogP) is 3.30. The Labute approximate surface area is 101 Å². The zero-order chi connectivity index (χ0) is 12.3. The Bertz CT molecular complexity index is 516. The quantitative estimate of drug-likeness (QED) is 0.808. The van der Waals surface area contributed by atoms with E-state index in [1.54, 1.807) is 17.2 Å². The van der Waals surface area contributed by atoms with Crippen LogP contribution in [0.2, 0.25) is 0 Å². The number of benzene rings is 1. The minimum atomic E-state index is 0.0525. The number of fused-ring (bicyclic) bond motifs is 1. The molecule has 17 heavy (non-hydrogen) atoms. The summed E-state index contributed by atoms with van der Waals surface area (Å²) in [5.74, 6) is 0.0525. The summed E-state index contributed by atoms with van der Waals surface area (Å²) in [5, 5.41) is 1.03. The van der Waals surface area contributed by atoms with Crippen molar-refractivity contribution in [1.29, 1.82) is 0 Å². The van der Waals surface area contributed by atoms with Crippen LogP contribution < -0.4 is 0 Å². The van der Waals surface area contributed by atoms with Gasteiger partial charge in [0.1, 0.15) is 5.58 Å². The van der Waals surface area contributed by atoms with Gasteiger partial charge in [-0.05, 0) is 24.6 Å². The zero-order valence-electron chi connectivity index (χ0n) is 10.3. The van der Waals surface area contributed by atoms with Crippen molar-refractivity contribution in [1.82, 2.24) is 4.90 Å². The molecule has 0 aliphatic rings. The third-order valence-electron chi connectivity index (χ3n) is 2.90. The van der Waals surface area contributed by atoms with Crippen LogP contribution in [0.5, 0.6) is 0 Å². The first-order chi connectivity index (χ1) is 8.22. The first-order valence-electron chi connectivity index (χ1n) is 5.95. The number of carbonyl (C=O) groups is 1. The van der Waals surface area contributed by atoms with Gasteiger partial charge in [0.25, 0.3) is 5.91 Å². The molecule has 1 heterocycles. The van der Waals surface area contributed by atoms with Crippen LogP contribution in [0.1, 0.15) is 30.1 Å². The van der Waals surface area contributed by atoms with E-state index in [1.807, 2.05) is 25.2 Å². The molecule has 1 aromatic heterocycles. The Morgan fingerprint density at radius 3 is 2.94 bits per heavy atom. The van der Waals surface area contributed by atoms with Crippen LogP contribution in [0.3, 0.4) is 0 Å². The van der Waals surface area contributed by atoms with Gasteiger partial charge in [-0.3, -0.25) is 4.79 Å². The molecule has 0 radical (unpaired) electrons. The van der Waals surface area contributed by atoms with Crippen molar-refractivity contribution >= 4 is 16.9 Å². The minimum absolute atomic E-state index is 0.0525. The summed E-state index contributed by atoms with van der Waals surface area (Å²) >= 11 is 0. The summed E-state index contributed by atoms with van der Waals surface area (Å²) in [5.41, 5.74) is 1.45. The first kappa shape index (κ1) is 11.7. The van der Waals surface area contributed by atoms with Crippen LogP contribution >= 0.6 is 0 Å². The van der Waals surface area contributed by atoms with Gasteiger partial charge < -0.3 is 9.32 Å². The molecule has 0 saturated heterocycles. The molecule has 2 rings (SSSR count). The maximum absolute atomic E-state index is 12.1. The molecule has 1 aromatic carbocycles. The molecule has 0 N–H and O–H groups in total. The lowest BCUT2D eigenvalue weighted by atomic mass is 10.1. The van der Waals surface area contributed by atoms with Crippen LogP contribution in [0.25, 0.3) is 11.0 Å². The van der Waals surface area contributed by atoms with Gasteiger partial charge in [0.2, 0.25) is 0 Å². The van der Waals surface area contributed by atoms with E-state index in [4.69, 9.17) is 4.42 Å². The maximum atomic E-state index is 12.1. The predicted molar refractivity (Wildman–Crippen MR) is 68.1 cm³/mol. The van der Waals surface area contributed by atoms with Crippen molar-refractivity contribution in [3.05, 3.63) is 36.1 Å². The van der Waals surface area contributed by atoms with Crippen molar-refractivity contribution in [3.63, 3.8) is 0 Å². The fraction of sp³-hybridized carbons (Fsp3) is 0.357. The molecule has 2 aromatic rings. The second-order valence-electron chi connectivity index (χ2n) is 4.25. The summed E-state index contributed by atoms with van der Waals surface area (Å²) < 4.78 is 5.30. The number of hydrogen-bond acceptors (Lipinski definition) is 2. The van der Waals surface area contributed by atoms with Gasteiger partial charge in [-0.25, -0.2) is 0 Å². The number of amides is 1. The largest absolute Gasteiger partial charge is 0.464 e. The molecule has 0 saturated carbocycles. The molecule has 0 aliphatic heterocycles. The summed E-state index contributed by atoms with van der Waals surface area (Å²) in [6, 6.07) is 7.47. The van der Waals surface area contributed by atoms with Crippen LogP contribution in [-0.4, -0.2) is 24.4 Å². The molecule has 3 heteroatoms. The van der Waals surface area contributed by atoms with Crippen molar-refractivity contribution < 1.29 is 9.21 Å². The number of hydrogen-bond donors (Lipinski definition) is 0. The molecule has 0 unspecified atom stereocenters. The number of unbranched alkanes of at least 4 members (excludes halogenated alkanes) is 1. The molecule has 0 atom stereocenters. The summed E-state index contributed by atoms with van der Waals surface area (Å²) in [6.45, 7) is 2.92. The minimum Gasteiger partial charge on any atom is -0.464 e. The first-order valence-corrected chi connectivity index (χ1v) is 5.95. The Kier molecular flexibility index (Phi) is 3.47. The number of rotatable bonds is 4. The highest BCUT2D eigenvalue weighted by atomic mass is 16.3. The van der Waals surface area contributed by atoms with Gasteiger partial charge in [-0.2, -0.15) is 0 Å². The summed E-state index contributed by atoms with van der Waals surface area (Å²) in [6.07, 6.45) is 3.76. The standard InChI is InChI=1S/C14H17NO2/c1-3-4-8-15(2)14(16)12-6-5-11-7-9-17-13(11)10-12/h5-7,9-10H,3-4,8H2,1-2H3.